The summed E-state index contributed by atoms with van der Waals surface area (Å²) in [7, 11) is 2.93. The molecular formula is C23H26N2O5. The topological polar surface area (TPSA) is 68.3 Å². The van der Waals surface area contributed by atoms with Crippen LogP contribution in [0.2, 0.25) is 0 Å². The van der Waals surface area contributed by atoms with Gasteiger partial charge in [-0.3, -0.25) is 4.79 Å². The monoisotopic (exact) mass is 410 g/mol. The number of anilines is 2. The van der Waals surface area contributed by atoms with E-state index in [2.05, 4.69) is 4.90 Å². The van der Waals surface area contributed by atoms with E-state index >= 15 is 0 Å². The molecule has 4 rings (SSSR count). The van der Waals surface area contributed by atoms with Crippen LogP contribution < -0.4 is 14.4 Å². The Kier molecular flexibility index (Phi) is 5.79. The number of nitrogens with zero attached hydrogens (tertiary/aromatic N) is 2. The molecule has 2 heterocycles. The van der Waals surface area contributed by atoms with Crippen LogP contribution in [-0.4, -0.2) is 57.2 Å². The van der Waals surface area contributed by atoms with Crippen LogP contribution in [0.1, 0.15) is 40.0 Å². The second-order valence-electron chi connectivity index (χ2n) is 7.39. The van der Waals surface area contributed by atoms with E-state index in [-0.39, 0.29) is 11.9 Å². The van der Waals surface area contributed by atoms with Gasteiger partial charge >= 0.3 is 5.97 Å². The van der Waals surface area contributed by atoms with Crippen molar-refractivity contribution in [2.45, 2.75) is 19.3 Å². The molecule has 0 aromatic heterocycles. The van der Waals surface area contributed by atoms with Crippen LogP contribution in [0, 0.1) is 0 Å². The molecule has 0 aliphatic carbocycles. The lowest BCUT2D eigenvalue weighted by atomic mass is 10.1. The highest BCUT2D eigenvalue weighted by Gasteiger charge is 2.29. The van der Waals surface area contributed by atoms with Gasteiger partial charge in [-0.05, 0) is 55.7 Å². The summed E-state index contributed by atoms with van der Waals surface area (Å²) in [6.07, 6.45) is 3.23. The molecule has 158 valence electrons. The van der Waals surface area contributed by atoms with Crippen LogP contribution in [0.3, 0.4) is 0 Å². The van der Waals surface area contributed by atoms with E-state index in [1.165, 1.54) is 7.11 Å². The summed E-state index contributed by atoms with van der Waals surface area (Å²) in [5.74, 6) is 0.659. The fourth-order valence-corrected chi connectivity index (χ4v) is 4.07. The van der Waals surface area contributed by atoms with Crippen molar-refractivity contribution in [1.82, 2.24) is 4.90 Å². The van der Waals surface area contributed by atoms with Crippen molar-refractivity contribution in [3.8, 4) is 11.5 Å². The highest BCUT2D eigenvalue weighted by molar-refractivity contribution is 5.99. The van der Waals surface area contributed by atoms with E-state index in [0.717, 1.165) is 43.7 Å². The van der Waals surface area contributed by atoms with Gasteiger partial charge in [-0.25, -0.2) is 4.79 Å². The second kappa shape index (κ2) is 8.65. The number of rotatable bonds is 4. The van der Waals surface area contributed by atoms with Crippen LogP contribution in [0.25, 0.3) is 0 Å². The lowest BCUT2D eigenvalue weighted by Crippen LogP contribution is -2.36. The van der Waals surface area contributed by atoms with Gasteiger partial charge < -0.3 is 24.0 Å². The molecule has 0 bridgehead atoms. The van der Waals surface area contributed by atoms with Crippen molar-refractivity contribution in [1.29, 1.82) is 0 Å². The summed E-state index contributed by atoms with van der Waals surface area (Å²) in [4.78, 5) is 28.8. The van der Waals surface area contributed by atoms with Crippen molar-refractivity contribution in [3.05, 3.63) is 47.5 Å². The maximum atomic E-state index is 13.1. The van der Waals surface area contributed by atoms with Gasteiger partial charge in [-0.15, -0.1) is 0 Å². The Balaban J connectivity index is 1.67. The first kappa shape index (κ1) is 20.1. The van der Waals surface area contributed by atoms with Crippen LogP contribution in [0.4, 0.5) is 11.4 Å². The molecule has 0 saturated carbocycles. The number of esters is 1. The predicted octanol–water partition coefficient (Wildman–Crippen LogP) is 3.64. The van der Waals surface area contributed by atoms with Gasteiger partial charge in [-0.2, -0.15) is 0 Å². The predicted molar refractivity (Wildman–Crippen MR) is 113 cm³/mol. The first-order chi connectivity index (χ1) is 14.6. The van der Waals surface area contributed by atoms with Crippen LogP contribution >= 0.6 is 0 Å². The molecule has 2 aromatic rings. The number of hydrogen-bond acceptors (Lipinski definition) is 6. The number of likely N-dealkylation sites (tertiary alicyclic amines) is 1. The van der Waals surface area contributed by atoms with Gasteiger partial charge in [0.25, 0.3) is 5.91 Å². The highest BCUT2D eigenvalue weighted by atomic mass is 16.5. The molecule has 1 saturated heterocycles. The molecule has 1 amide bonds. The minimum atomic E-state index is -0.369. The first-order valence-corrected chi connectivity index (χ1v) is 10.2. The number of piperidine rings is 1. The number of carbonyl (C=O) groups is 2. The average Bonchev–Trinajstić information content (AvgIpc) is 2.82. The smallest absolute Gasteiger partial charge is 0.337 e. The molecule has 2 aromatic carbocycles. The Hall–Kier alpha value is -3.22. The average molecular weight is 410 g/mol. The number of ether oxygens (including phenoxy) is 3. The first-order valence-electron chi connectivity index (χ1n) is 10.2. The summed E-state index contributed by atoms with van der Waals surface area (Å²) >= 11 is 0. The molecule has 30 heavy (non-hydrogen) atoms. The number of benzene rings is 2. The fraction of sp³-hybridized carbons (Fsp3) is 0.391. The molecule has 0 atom stereocenters. The molecule has 7 nitrogen and oxygen atoms in total. The molecule has 0 unspecified atom stereocenters. The van der Waals surface area contributed by atoms with E-state index in [4.69, 9.17) is 14.2 Å². The number of hydrogen-bond donors (Lipinski definition) is 0. The zero-order valence-corrected chi connectivity index (χ0v) is 17.3. The maximum absolute atomic E-state index is 13.1. The van der Waals surface area contributed by atoms with Gasteiger partial charge in [0.15, 0.2) is 11.5 Å². The fourth-order valence-electron chi connectivity index (χ4n) is 4.07. The molecule has 0 radical (unpaired) electrons. The second-order valence-corrected chi connectivity index (χ2v) is 7.39. The van der Waals surface area contributed by atoms with Gasteiger partial charge in [0.05, 0.1) is 37.6 Å². The molecule has 1 fully saturated rings. The zero-order valence-electron chi connectivity index (χ0n) is 17.3. The molecule has 0 spiro atoms. The third kappa shape index (κ3) is 3.67. The van der Waals surface area contributed by atoms with Gasteiger partial charge in [0.1, 0.15) is 6.61 Å². The van der Waals surface area contributed by atoms with E-state index in [1.807, 2.05) is 29.2 Å². The quantitative estimate of drug-likeness (QED) is 0.717. The minimum absolute atomic E-state index is 0.0162. The SMILES string of the molecule is COC(=O)c1ccc(N2CCOc3c2ccc(C(=O)N2CCCCC2)c3OC)cc1. The van der Waals surface area contributed by atoms with Gasteiger partial charge in [0, 0.05) is 18.8 Å². The third-order valence-electron chi connectivity index (χ3n) is 5.62. The molecule has 7 heteroatoms. The lowest BCUT2D eigenvalue weighted by molar-refractivity contribution is 0.0600. The van der Waals surface area contributed by atoms with E-state index in [9.17, 15) is 9.59 Å². The Bertz CT molecular complexity index is 935. The van der Waals surface area contributed by atoms with Crippen molar-refractivity contribution >= 4 is 23.3 Å². The van der Waals surface area contributed by atoms with Crippen LogP contribution in [0.5, 0.6) is 11.5 Å². The number of amides is 1. The van der Waals surface area contributed by atoms with E-state index in [0.29, 0.717) is 35.8 Å². The third-order valence-corrected chi connectivity index (χ3v) is 5.62. The van der Waals surface area contributed by atoms with Crippen molar-refractivity contribution in [3.63, 3.8) is 0 Å². The van der Waals surface area contributed by atoms with Crippen LogP contribution in [-0.2, 0) is 4.74 Å². The van der Waals surface area contributed by atoms with Gasteiger partial charge in [0.2, 0.25) is 0 Å². The number of fused-ring (bicyclic) bond motifs is 1. The molecule has 2 aliphatic rings. The summed E-state index contributed by atoms with van der Waals surface area (Å²) < 4.78 is 16.4. The van der Waals surface area contributed by atoms with Gasteiger partial charge in [-0.1, -0.05) is 0 Å². The Morgan fingerprint density at radius 2 is 1.67 bits per heavy atom. The normalized spacial score (nSPS) is 15.8. The number of methoxy groups -OCH3 is 2. The highest BCUT2D eigenvalue weighted by Crippen LogP contribution is 2.45. The summed E-state index contributed by atoms with van der Waals surface area (Å²) in [5, 5.41) is 0. The van der Waals surface area contributed by atoms with Crippen LogP contribution in [0.15, 0.2) is 36.4 Å². The minimum Gasteiger partial charge on any atom is -0.492 e. The lowest BCUT2D eigenvalue weighted by Gasteiger charge is -2.33. The zero-order chi connectivity index (χ0) is 21.1. The van der Waals surface area contributed by atoms with Crippen molar-refractivity contribution in [2.24, 2.45) is 0 Å². The summed E-state index contributed by atoms with van der Waals surface area (Å²) in [6, 6.07) is 11.0. The largest absolute Gasteiger partial charge is 0.492 e. The summed E-state index contributed by atoms with van der Waals surface area (Å²) in [5.41, 5.74) is 2.78. The Morgan fingerprint density at radius 1 is 0.933 bits per heavy atom. The maximum Gasteiger partial charge on any atom is 0.337 e. The molecule has 0 N–H and O–H groups in total. The molecule has 2 aliphatic heterocycles. The van der Waals surface area contributed by atoms with E-state index < -0.39 is 0 Å². The molecular weight excluding hydrogens is 384 g/mol. The van der Waals surface area contributed by atoms with Crippen molar-refractivity contribution < 1.29 is 23.8 Å². The Labute approximate surface area is 176 Å². The standard InChI is InChI=1S/C23H26N2O5/c1-28-20-18(22(26)24-12-4-3-5-13-24)10-11-19-21(20)30-15-14-25(19)17-8-6-16(7-9-17)23(27)29-2/h6-11H,3-5,12-15H2,1-2H3. The number of carbonyl (C=O) groups excluding carboxylic acids is 2. The Morgan fingerprint density at radius 3 is 2.33 bits per heavy atom. The van der Waals surface area contributed by atoms with Crippen molar-refractivity contribution in [2.75, 3.05) is 45.4 Å². The summed E-state index contributed by atoms with van der Waals surface area (Å²) in [6.45, 7) is 2.66. The van der Waals surface area contributed by atoms with E-state index in [1.54, 1.807) is 19.2 Å².